The van der Waals surface area contributed by atoms with E-state index in [1.165, 1.54) is 18.2 Å². The Morgan fingerprint density at radius 2 is 1.72 bits per heavy atom. The minimum atomic E-state index is -0.574. The number of hydrogen-bond donors (Lipinski definition) is 3. The molecule has 2 amide bonds. The first kappa shape index (κ1) is 27.6. The standard InChI is InChI=1S/C26H24BrClFN3O3S/c1-15(2)10-11-35-23-9-6-17(13-20(23)27)25(34)32-26(36)31-18-5-3-4-16(12-18)24(33)30-19-7-8-22(29)21(28)14-19/h3-9,12-15H,10-11H2,1-2H3,(H,30,33)(H2,31,32,34,36). The fraction of sp³-hybridized carbons (Fsp3) is 0.192. The smallest absolute Gasteiger partial charge is 0.257 e. The predicted molar refractivity (Wildman–Crippen MR) is 149 cm³/mol. The van der Waals surface area contributed by atoms with Crippen LogP contribution in [0, 0.1) is 11.7 Å². The molecule has 36 heavy (non-hydrogen) atoms. The first-order valence-electron chi connectivity index (χ1n) is 11.0. The minimum Gasteiger partial charge on any atom is -0.492 e. The third-order valence-corrected chi connectivity index (χ3v) is 6.05. The third kappa shape index (κ3) is 8.01. The van der Waals surface area contributed by atoms with Crippen molar-refractivity contribution in [2.45, 2.75) is 20.3 Å². The van der Waals surface area contributed by atoms with Crippen LogP contribution >= 0.6 is 39.7 Å². The third-order valence-electron chi connectivity index (χ3n) is 4.93. The molecule has 188 valence electrons. The molecule has 0 aromatic heterocycles. The van der Waals surface area contributed by atoms with Gasteiger partial charge in [0.15, 0.2) is 5.11 Å². The van der Waals surface area contributed by atoms with Gasteiger partial charge in [-0.3, -0.25) is 14.9 Å². The molecule has 10 heteroatoms. The highest BCUT2D eigenvalue weighted by Gasteiger charge is 2.13. The van der Waals surface area contributed by atoms with Crippen molar-refractivity contribution in [3.63, 3.8) is 0 Å². The highest BCUT2D eigenvalue weighted by Crippen LogP contribution is 2.26. The van der Waals surface area contributed by atoms with Crippen molar-refractivity contribution >= 4 is 68.1 Å². The lowest BCUT2D eigenvalue weighted by molar-refractivity contribution is 0.0976. The molecule has 3 N–H and O–H groups in total. The van der Waals surface area contributed by atoms with Gasteiger partial charge in [0.05, 0.1) is 16.1 Å². The van der Waals surface area contributed by atoms with E-state index in [1.807, 2.05) is 0 Å². The fourth-order valence-corrected chi connectivity index (χ4v) is 3.90. The molecule has 0 spiro atoms. The van der Waals surface area contributed by atoms with Gasteiger partial charge in [0.1, 0.15) is 11.6 Å². The number of rotatable bonds is 8. The number of amides is 2. The van der Waals surface area contributed by atoms with Gasteiger partial charge in [0.25, 0.3) is 11.8 Å². The summed E-state index contributed by atoms with van der Waals surface area (Å²) < 4.78 is 19.8. The number of carbonyl (C=O) groups excluding carboxylic acids is 2. The molecule has 0 aliphatic carbocycles. The van der Waals surface area contributed by atoms with E-state index in [0.29, 0.717) is 45.2 Å². The van der Waals surface area contributed by atoms with E-state index in [4.69, 9.17) is 28.6 Å². The van der Waals surface area contributed by atoms with Gasteiger partial charge in [-0.2, -0.15) is 0 Å². The van der Waals surface area contributed by atoms with E-state index in [1.54, 1.807) is 42.5 Å². The van der Waals surface area contributed by atoms with Gasteiger partial charge in [-0.15, -0.1) is 0 Å². The zero-order valence-electron chi connectivity index (χ0n) is 19.5. The van der Waals surface area contributed by atoms with Gasteiger partial charge in [0, 0.05) is 22.5 Å². The molecule has 3 aromatic carbocycles. The molecule has 0 radical (unpaired) electrons. The van der Waals surface area contributed by atoms with Crippen molar-refractivity contribution < 1.29 is 18.7 Å². The van der Waals surface area contributed by atoms with Crippen molar-refractivity contribution in [3.8, 4) is 5.75 Å². The highest BCUT2D eigenvalue weighted by atomic mass is 79.9. The second kappa shape index (κ2) is 12.8. The molecule has 0 unspecified atom stereocenters. The molecule has 0 bridgehead atoms. The Kier molecular flexibility index (Phi) is 9.81. The number of nitrogens with one attached hydrogen (secondary N) is 3. The maximum atomic E-state index is 13.3. The summed E-state index contributed by atoms with van der Waals surface area (Å²) in [5.41, 5.74) is 1.58. The lowest BCUT2D eigenvalue weighted by atomic mass is 10.1. The summed E-state index contributed by atoms with van der Waals surface area (Å²) in [6, 6.07) is 15.5. The molecular weight excluding hydrogens is 569 g/mol. The number of benzene rings is 3. The number of thiocarbonyl (C=S) groups is 1. The van der Waals surface area contributed by atoms with E-state index in [-0.39, 0.29) is 10.1 Å². The first-order chi connectivity index (χ1) is 17.1. The summed E-state index contributed by atoms with van der Waals surface area (Å²) in [5.74, 6) is -0.201. The molecule has 0 fully saturated rings. The van der Waals surface area contributed by atoms with Crippen LogP contribution < -0.4 is 20.7 Å². The fourth-order valence-electron chi connectivity index (χ4n) is 3.02. The largest absolute Gasteiger partial charge is 0.492 e. The highest BCUT2D eigenvalue weighted by molar-refractivity contribution is 9.10. The van der Waals surface area contributed by atoms with Gasteiger partial charge in [0.2, 0.25) is 0 Å². The molecule has 0 saturated heterocycles. The predicted octanol–water partition coefficient (Wildman–Crippen LogP) is 7.05. The van der Waals surface area contributed by atoms with E-state index in [2.05, 4.69) is 45.7 Å². The van der Waals surface area contributed by atoms with Crippen LogP contribution in [0.3, 0.4) is 0 Å². The Morgan fingerprint density at radius 3 is 2.42 bits per heavy atom. The number of ether oxygens (including phenoxy) is 1. The van der Waals surface area contributed by atoms with Crippen LogP contribution in [0.1, 0.15) is 41.0 Å². The molecule has 0 atom stereocenters. The number of anilines is 2. The zero-order valence-corrected chi connectivity index (χ0v) is 22.7. The second-order valence-electron chi connectivity index (χ2n) is 8.25. The van der Waals surface area contributed by atoms with Crippen LogP contribution in [0.15, 0.2) is 65.1 Å². The van der Waals surface area contributed by atoms with Gasteiger partial charge in [-0.05, 0) is 95.1 Å². The number of carbonyl (C=O) groups is 2. The Bertz CT molecular complexity index is 1290. The van der Waals surface area contributed by atoms with Crippen LogP contribution in [0.5, 0.6) is 5.75 Å². The van der Waals surface area contributed by atoms with Gasteiger partial charge in [-0.1, -0.05) is 31.5 Å². The Hall–Kier alpha value is -3.01. The Balaban J connectivity index is 1.58. The summed E-state index contributed by atoms with van der Waals surface area (Å²) >= 11 is 14.5. The van der Waals surface area contributed by atoms with Crippen molar-refractivity contribution in [2.75, 3.05) is 17.2 Å². The lowest BCUT2D eigenvalue weighted by Gasteiger charge is -2.13. The second-order valence-corrected chi connectivity index (χ2v) is 9.92. The van der Waals surface area contributed by atoms with Gasteiger partial charge >= 0.3 is 0 Å². The topological polar surface area (TPSA) is 79.5 Å². The number of hydrogen-bond acceptors (Lipinski definition) is 4. The van der Waals surface area contributed by atoms with E-state index < -0.39 is 17.6 Å². The van der Waals surface area contributed by atoms with E-state index >= 15 is 0 Å². The molecule has 0 heterocycles. The van der Waals surface area contributed by atoms with Crippen LogP contribution in [0.25, 0.3) is 0 Å². The van der Waals surface area contributed by atoms with Crippen molar-refractivity contribution in [1.29, 1.82) is 0 Å². The maximum absolute atomic E-state index is 13.3. The van der Waals surface area contributed by atoms with Crippen LogP contribution in [0.4, 0.5) is 15.8 Å². The summed E-state index contributed by atoms with van der Waals surface area (Å²) in [5, 5.41) is 8.14. The molecule has 3 aromatic rings. The van der Waals surface area contributed by atoms with Crippen molar-refractivity contribution in [1.82, 2.24) is 5.32 Å². The molecule has 0 aliphatic heterocycles. The molecule has 3 rings (SSSR count). The summed E-state index contributed by atoms with van der Waals surface area (Å²) in [6.45, 7) is 4.83. The van der Waals surface area contributed by atoms with Crippen molar-refractivity contribution in [2.24, 2.45) is 5.92 Å². The van der Waals surface area contributed by atoms with Gasteiger partial charge in [-0.25, -0.2) is 4.39 Å². The average molecular weight is 593 g/mol. The Labute approximate surface area is 227 Å². The summed E-state index contributed by atoms with van der Waals surface area (Å²) in [4.78, 5) is 25.2. The molecule has 0 saturated carbocycles. The first-order valence-corrected chi connectivity index (χ1v) is 12.6. The average Bonchev–Trinajstić information content (AvgIpc) is 2.82. The van der Waals surface area contributed by atoms with Crippen LogP contribution in [-0.4, -0.2) is 23.5 Å². The van der Waals surface area contributed by atoms with Crippen LogP contribution in [0.2, 0.25) is 5.02 Å². The summed E-state index contributed by atoms with van der Waals surface area (Å²) in [7, 11) is 0. The van der Waals surface area contributed by atoms with E-state index in [9.17, 15) is 14.0 Å². The molecule has 0 aliphatic rings. The number of halogens is 3. The Morgan fingerprint density at radius 1 is 1.00 bits per heavy atom. The minimum absolute atomic E-state index is 0.0660. The quantitative estimate of drug-likeness (QED) is 0.244. The summed E-state index contributed by atoms with van der Waals surface area (Å²) in [6.07, 6.45) is 0.929. The van der Waals surface area contributed by atoms with Crippen LogP contribution in [-0.2, 0) is 0 Å². The van der Waals surface area contributed by atoms with E-state index in [0.717, 1.165) is 6.42 Å². The maximum Gasteiger partial charge on any atom is 0.257 e. The lowest BCUT2D eigenvalue weighted by Crippen LogP contribution is -2.34. The van der Waals surface area contributed by atoms with Crippen molar-refractivity contribution in [3.05, 3.63) is 87.1 Å². The molecule has 6 nitrogen and oxygen atoms in total. The zero-order chi connectivity index (χ0) is 26.2. The normalized spacial score (nSPS) is 10.6. The monoisotopic (exact) mass is 591 g/mol. The van der Waals surface area contributed by atoms with Gasteiger partial charge < -0.3 is 15.4 Å². The molecular formula is C26H24BrClFN3O3S. The SMILES string of the molecule is CC(C)CCOc1ccc(C(=O)NC(=S)Nc2cccc(C(=O)Nc3ccc(F)c(Cl)c3)c2)cc1Br.